The zero-order valence-corrected chi connectivity index (χ0v) is 13.8. The van der Waals surface area contributed by atoms with E-state index in [4.69, 9.17) is 28.3 Å². The normalized spacial score (nSPS) is 13.0. The van der Waals surface area contributed by atoms with Gasteiger partial charge in [-0.1, -0.05) is 35.3 Å². The maximum absolute atomic E-state index is 6.37. The van der Waals surface area contributed by atoms with E-state index in [9.17, 15) is 0 Å². The van der Waals surface area contributed by atoms with E-state index in [0.29, 0.717) is 16.5 Å². The van der Waals surface area contributed by atoms with Crippen molar-refractivity contribution in [3.05, 3.63) is 69.6 Å². The number of nitrogens with zero attached hydrogens (tertiary/aromatic N) is 3. The molecule has 0 saturated carbocycles. The molecular weight excluding hydrogens is 331 g/mol. The zero-order chi connectivity index (χ0) is 15.8. The molecule has 0 saturated heterocycles. The van der Waals surface area contributed by atoms with E-state index < -0.39 is 0 Å². The molecule has 0 radical (unpaired) electrons. The molecule has 116 valence electrons. The second kappa shape index (κ2) is 5.87. The second-order valence-electron chi connectivity index (χ2n) is 5.43. The first-order valence-electron chi connectivity index (χ1n) is 7.43. The van der Waals surface area contributed by atoms with Crippen LogP contribution >= 0.6 is 23.2 Å². The number of nitrogens with one attached hydrogen (secondary N) is 1. The minimum atomic E-state index is 0.512. The number of hydrogen-bond donors (Lipinski definition) is 1. The first-order valence-corrected chi connectivity index (χ1v) is 8.18. The van der Waals surface area contributed by atoms with Crippen molar-refractivity contribution in [1.82, 2.24) is 14.8 Å². The lowest BCUT2D eigenvalue weighted by Crippen LogP contribution is -2.06. The van der Waals surface area contributed by atoms with Gasteiger partial charge in [-0.05, 0) is 30.7 Å². The molecule has 1 aliphatic rings. The lowest BCUT2D eigenvalue weighted by atomic mass is 10.1. The molecular formula is C17H14Cl2N4. The van der Waals surface area contributed by atoms with E-state index in [1.54, 1.807) is 12.3 Å². The molecule has 4 nitrogen and oxygen atoms in total. The number of aromatic nitrogens is 3. The predicted octanol–water partition coefficient (Wildman–Crippen LogP) is 4.13. The summed E-state index contributed by atoms with van der Waals surface area (Å²) in [6, 6.07) is 11.5. The maximum atomic E-state index is 6.37. The highest BCUT2D eigenvalue weighted by Gasteiger charge is 2.24. The van der Waals surface area contributed by atoms with Gasteiger partial charge in [0.25, 0.3) is 0 Å². The van der Waals surface area contributed by atoms with Crippen LogP contribution < -0.4 is 5.32 Å². The largest absolute Gasteiger partial charge is 0.369 e. The van der Waals surface area contributed by atoms with Crippen LogP contribution in [0.3, 0.4) is 0 Å². The molecule has 0 spiro atoms. The molecule has 3 heterocycles. The van der Waals surface area contributed by atoms with Crippen LogP contribution in [-0.4, -0.2) is 21.3 Å². The highest BCUT2D eigenvalue weighted by molar-refractivity contribution is 6.43. The van der Waals surface area contributed by atoms with Crippen molar-refractivity contribution in [3.8, 4) is 5.69 Å². The van der Waals surface area contributed by atoms with Crippen molar-refractivity contribution >= 4 is 29.0 Å². The topological polar surface area (TPSA) is 42.7 Å². The van der Waals surface area contributed by atoms with E-state index in [2.05, 4.69) is 10.3 Å². The fraction of sp³-hybridized carbons (Fsp3) is 0.176. The Hall–Kier alpha value is -2.04. The van der Waals surface area contributed by atoms with Crippen molar-refractivity contribution in [2.75, 3.05) is 11.9 Å². The number of hydrogen-bond acceptors (Lipinski definition) is 3. The summed E-state index contributed by atoms with van der Waals surface area (Å²) in [4.78, 5) is 4.40. The first kappa shape index (κ1) is 14.5. The number of fused-ring (bicyclic) bond motifs is 1. The highest BCUT2D eigenvalue weighted by atomic mass is 35.5. The summed E-state index contributed by atoms with van der Waals surface area (Å²) in [6.07, 6.45) is 3.46. The number of pyridine rings is 1. The molecule has 0 aliphatic carbocycles. The van der Waals surface area contributed by atoms with Crippen molar-refractivity contribution in [2.45, 2.75) is 12.8 Å². The summed E-state index contributed by atoms with van der Waals surface area (Å²) >= 11 is 12.5. The standard InChI is InChI=1S/C17H14Cl2N4/c18-13-5-3-6-15(16(13)19)23-17-12(7-9-21-17)14(22-23)10-11-4-1-2-8-20-11/h1-6,8,21H,7,9-10H2. The van der Waals surface area contributed by atoms with Crippen molar-refractivity contribution in [1.29, 1.82) is 0 Å². The number of halogens is 2. The van der Waals surface area contributed by atoms with Gasteiger partial charge in [0.1, 0.15) is 5.82 Å². The van der Waals surface area contributed by atoms with E-state index in [1.807, 2.05) is 35.0 Å². The predicted molar refractivity (Wildman–Crippen MR) is 92.8 cm³/mol. The van der Waals surface area contributed by atoms with Gasteiger partial charge >= 0.3 is 0 Å². The van der Waals surface area contributed by atoms with Gasteiger partial charge in [0.2, 0.25) is 0 Å². The molecule has 6 heteroatoms. The molecule has 23 heavy (non-hydrogen) atoms. The molecule has 0 unspecified atom stereocenters. The van der Waals surface area contributed by atoms with Crippen molar-refractivity contribution in [3.63, 3.8) is 0 Å². The Morgan fingerprint density at radius 2 is 2.04 bits per heavy atom. The lowest BCUT2D eigenvalue weighted by molar-refractivity contribution is 0.834. The van der Waals surface area contributed by atoms with E-state index in [-0.39, 0.29) is 0 Å². The number of benzene rings is 1. The average Bonchev–Trinajstić information content (AvgIpc) is 3.15. The molecule has 4 rings (SSSR count). The molecule has 1 N–H and O–H groups in total. The van der Waals surface area contributed by atoms with Gasteiger partial charge < -0.3 is 5.32 Å². The summed E-state index contributed by atoms with van der Waals surface area (Å²) in [5, 5.41) is 9.21. The average molecular weight is 345 g/mol. The van der Waals surface area contributed by atoms with Gasteiger partial charge in [-0.3, -0.25) is 4.98 Å². The van der Waals surface area contributed by atoms with Gasteiger partial charge in [-0.25, -0.2) is 4.68 Å². The molecule has 0 amide bonds. The van der Waals surface area contributed by atoms with Crippen LogP contribution in [0, 0.1) is 0 Å². The summed E-state index contributed by atoms with van der Waals surface area (Å²) in [5.74, 6) is 1.00. The van der Waals surface area contributed by atoms with Crippen LogP contribution in [0.4, 0.5) is 5.82 Å². The molecule has 3 aromatic rings. The fourth-order valence-electron chi connectivity index (χ4n) is 2.89. The van der Waals surface area contributed by atoms with E-state index >= 15 is 0 Å². The lowest BCUT2D eigenvalue weighted by Gasteiger charge is -2.09. The summed E-state index contributed by atoms with van der Waals surface area (Å²) in [7, 11) is 0. The third kappa shape index (κ3) is 2.58. The summed E-state index contributed by atoms with van der Waals surface area (Å²) in [5.41, 5.74) is 4.05. The Labute approximate surface area is 144 Å². The third-order valence-electron chi connectivity index (χ3n) is 3.97. The van der Waals surface area contributed by atoms with Gasteiger partial charge in [0.05, 0.1) is 21.4 Å². The number of rotatable bonds is 3. The van der Waals surface area contributed by atoms with Gasteiger partial charge in [0, 0.05) is 30.4 Å². The smallest absolute Gasteiger partial charge is 0.133 e. The molecule has 2 aromatic heterocycles. The summed E-state index contributed by atoms with van der Waals surface area (Å²) in [6.45, 7) is 0.903. The zero-order valence-electron chi connectivity index (χ0n) is 12.3. The van der Waals surface area contributed by atoms with Crippen LogP contribution in [0.1, 0.15) is 17.0 Å². The van der Waals surface area contributed by atoms with Crippen LogP contribution in [0.5, 0.6) is 0 Å². The van der Waals surface area contributed by atoms with Crippen LogP contribution in [-0.2, 0) is 12.8 Å². The van der Waals surface area contributed by atoms with Gasteiger partial charge in [-0.15, -0.1) is 0 Å². The molecule has 0 fully saturated rings. The van der Waals surface area contributed by atoms with Crippen molar-refractivity contribution < 1.29 is 0 Å². The summed E-state index contributed by atoms with van der Waals surface area (Å²) < 4.78 is 1.86. The van der Waals surface area contributed by atoms with E-state index in [0.717, 1.165) is 35.9 Å². The monoisotopic (exact) mass is 344 g/mol. The molecule has 0 atom stereocenters. The number of anilines is 1. The highest BCUT2D eigenvalue weighted by Crippen LogP contribution is 2.34. The quantitative estimate of drug-likeness (QED) is 0.776. The first-order chi connectivity index (χ1) is 11.2. The molecule has 0 bridgehead atoms. The maximum Gasteiger partial charge on any atom is 0.133 e. The third-order valence-corrected chi connectivity index (χ3v) is 4.78. The Morgan fingerprint density at radius 1 is 1.13 bits per heavy atom. The second-order valence-corrected chi connectivity index (χ2v) is 6.22. The minimum Gasteiger partial charge on any atom is -0.369 e. The minimum absolute atomic E-state index is 0.512. The Kier molecular flexibility index (Phi) is 3.71. The van der Waals surface area contributed by atoms with Crippen LogP contribution in [0.15, 0.2) is 42.6 Å². The Bertz CT molecular complexity index is 859. The van der Waals surface area contributed by atoms with Crippen LogP contribution in [0.25, 0.3) is 5.69 Å². The van der Waals surface area contributed by atoms with Gasteiger partial charge in [-0.2, -0.15) is 5.10 Å². The SMILES string of the molecule is Clc1cccc(-n2nc(Cc3ccccn3)c3c2NCC3)c1Cl. The van der Waals surface area contributed by atoms with E-state index in [1.165, 1.54) is 5.56 Å². The fourth-order valence-corrected chi connectivity index (χ4v) is 3.27. The van der Waals surface area contributed by atoms with Crippen molar-refractivity contribution in [2.24, 2.45) is 0 Å². The molecule has 1 aromatic carbocycles. The molecule has 1 aliphatic heterocycles. The van der Waals surface area contributed by atoms with Gasteiger partial charge in [0.15, 0.2) is 0 Å². The Morgan fingerprint density at radius 3 is 2.87 bits per heavy atom. The van der Waals surface area contributed by atoms with Crippen LogP contribution in [0.2, 0.25) is 10.0 Å². The Balaban J connectivity index is 1.80.